The first-order chi connectivity index (χ1) is 14.8. The summed E-state index contributed by atoms with van der Waals surface area (Å²) >= 11 is 19.8. The van der Waals surface area contributed by atoms with Crippen LogP contribution >= 0.6 is 46.6 Å². The lowest BCUT2D eigenvalue weighted by Gasteiger charge is -2.10. The number of aliphatic imine (C=N–C) groups is 1. The Bertz CT molecular complexity index is 1080. The van der Waals surface area contributed by atoms with Crippen LogP contribution in [0.1, 0.15) is 18.1 Å². The summed E-state index contributed by atoms with van der Waals surface area (Å²) in [6, 6.07) is 8.57. The zero-order valence-electron chi connectivity index (χ0n) is 16.5. The van der Waals surface area contributed by atoms with Crippen molar-refractivity contribution in [3.8, 4) is 5.75 Å². The Morgan fingerprint density at radius 2 is 1.90 bits per heavy atom. The van der Waals surface area contributed by atoms with Crippen molar-refractivity contribution in [3.63, 3.8) is 0 Å². The number of amides is 1. The fraction of sp³-hybridized carbons (Fsp3) is 0.190. The van der Waals surface area contributed by atoms with E-state index in [9.17, 15) is 9.59 Å². The van der Waals surface area contributed by atoms with Crippen LogP contribution in [0.4, 0.5) is 5.69 Å². The maximum atomic E-state index is 12.4. The number of nitrogens with one attached hydrogen (secondary N) is 1. The van der Waals surface area contributed by atoms with Crippen molar-refractivity contribution >= 4 is 75.4 Å². The molecule has 162 valence electrons. The van der Waals surface area contributed by atoms with Crippen LogP contribution in [0.15, 0.2) is 40.2 Å². The highest BCUT2D eigenvalue weighted by Crippen LogP contribution is 2.36. The van der Waals surface area contributed by atoms with Crippen LogP contribution in [-0.4, -0.2) is 30.3 Å². The van der Waals surface area contributed by atoms with Gasteiger partial charge in [-0.3, -0.25) is 4.79 Å². The van der Waals surface area contributed by atoms with Crippen LogP contribution in [0.2, 0.25) is 15.1 Å². The van der Waals surface area contributed by atoms with E-state index in [0.717, 1.165) is 5.56 Å². The summed E-state index contributed by atoms with van der Waals surface area (Å²) in [5.41, 5.74) is 2.09. The van der Waals surface area contributed by atoms with Gasteiger partial charge in [0, 0.05) is 5.02 Å². The number of hydrogen-bond donors (Lipinski definition) is 1. The molecular formula is C21H17Cl3N2O4S. The molecule has 0 aliphatic carbocycles. The van der Waals surface area contributed by atoms with Crippen LogP contribution in [0.25, 0.3) is 6.08 Å². The highest BCUT2D eigenvalue weighted by Gasteiger charge is 2.24. The van der Waals surface area contributed by atoms with Crippen molar-refractivity contribution in [2.75, 3.05) is 13.2 Å². The highest BCUT2D eigenvalue weighted by atomic mass is 35.5. The molecule has 1 fully saturated rings. The molecule has 0 atom stereocenters. The standard InChI is InChI=1S/C21H17Cl3N2O4S/c1-3-29-18(27)10-30-19-14(23)7-12(8-15(19)24)9-17-20(28)26-21(31-17)25-16-6-4-5-13(22)11(16)2/h4-9H,3,10H2,1-2H3,(H,25,26,28)/b17-9+. The minimum absolute atomic E-state index is 0.167. The number of hydrogen-bond acceptors (Lipinski definition) is 6. The number of carbonyl (C=O) groups excluding carboxylic acids is 2. The summed E-state index contributed by atoms with van der Waals surface area (Å²) < 4.78 is 10.2. The predicted octanol–water partition coefficient (Wildman–Crippen LogP) is 5.79. The molecule has 1 saturated heterocycles. The van der Waals surface area contributed by atoms with E-state index in [1.54, 1.807) is 37.3 Å². The normalized spacial score (nSPS) is 16.0. The number of rotatable bonds is 6. The predicted molar refractivity (Wildman–Crippen MR) is 126 cm³/mol. The number of benzene rings is 2. The third kappa shape index (κ3) is 5.95. The fourth-order valence-corrected chi connectivity index (χ4v) is 4.21. The Morgan fingerprint density at radius 3 is 2.58 bits per heavy atom. The molecule has 1 aliphatic rings. The van der Waals surface area contributed by atoms with Gasteiger partial charge in [-0.05, 0) is 67.1 Å². The van der Waals surface area contributed by atoms with Crippen molar-refractivity contribution in [3.05, 3.63) is 61.4 Å². The Morgan fingerprint density at radius 1 is 1.19 bits per heavy atom. The zero-order chi connectivity index (χ0) is 22.5. The van der Waals surface area contributed by atoms with Gasteiger partial charge in [-0.15, -0.1) is 0 Å². The first-order valence-electron chi connectivity index (χ1n) is 9.10. The first-order valence-corrected chi connectivity index (χ1v) is 11.1. The molecule has 1 amide bonds. The van der Waals surface area contributed by atoms with Crippen molar-refractivity contribution in [2.24, 2.45) is 4.99 Å². The van der Waals surface area contributed by atoms with Gasteiger partial charge in [-0.2, -0.15) is 0 Å². The van der Waals surface area contributed by atoms with Gasteiger partial charge in [-0.25, -0.2) is 9.79 Å². The van der Waals surface area contributed by atoms with Gasteiger partial charge in [-0.1, -0.05) is 40.9 Å². The molecule has 0 bridgehead atoms. The molecule has 0 radical (unpaired) electrons. The van der Waals surface area contributed by atoms with Gasteiger partial charge < -0.3 is 14.8 Å². The van der Waals surface area contributed by atoms with Crippen molar-refractivity contribution < 1.29 is 19.1 Å². The van der Waals surface area contributed by atoms with Crippen LogP contribution in [0.5, 0.6) is 5.75 Å². The molecule has 31 heavy (non-hydrogen) atoms. The third-order valence-corrected chi connectivity index (χ3v) is 5.95. The Labute approximate surface area is 198 Å². The maximum absolute atomic E-state index is 12.4. The molecule has 2 aromatic carbocycles. The van der Waals surface area contributed by atoms with Gasteiger partial charge in [0.05, 0.1) is 27.2 Å². The number of esters is 1. The number of ether oxygens (including phenoxy) is 2. The highest BCUT2D eigenvalue weighted by molar-refractivity contribution is 8.18. The van der Waals surface area contributed by atoms with E-state index in [4.69, 9.17) is 44.3 Å². The summed E-state index contributed by atoms with van der Waals surface area (Å²) in [6.07, 6.45) is 1.64. The lowest BCUT2D eigenvalue weighted by atomic mass is 10.2. The lowest BCUT2D eigenvalue weighted by Crippen LogP contribution is -2.19. The van der Waals surface area contributed by atoms with E-state index in [0.29, 0.717) is 26.3 Å². The molecule has 1 heterocycles. The molecule has 0 saturated carbocycles. The number of halogens is 3. The average Bonchev–Trinajstić information content (AvgIpc) is 3.04. The van der Waals surface area contributed by atoms with Gasteiger partial charge >= 0.3 is 5.97 Å². The molecule has 10 heteroatoms. The van der Waals surface area contributed by atoms with Crippen molar-refractivity contribution in [1.82, 2.24) is 5.32 Å². The lowest BCUT2D eigenvalue weighted by molar-refractivity contribution is -0.145. The van der Waals surface area contributed by atoms with Gasteiger partial charge in [0.1, 0.15) is 0 Å². The molecule has 0 spiro atoms. The van der Waals surface area contributed by atoms with Gasteiger partial charge in [0.15, 0.2) is 17.5 Å². The maximum Gasteiger partial charge on any atom is 0.344 e. The summed E-state index contributed by atoms with van der Waals surface area (Å²) in [7, 11) is 0. The zero-order valence-corrected chi connectivity index (χ0v) is 19.6. The molecule has 1 N–H and O–H groups in total. The minimum atomic E-state index is -0.526. The molecule has 0 unspecified atom stereocenters. The first kappa shape index (κ1) is 23.5. The van der Waals surface area contributed by atoms with Crippen LogP contribution in [-0.2, 0) is 14.3 Å². The summed E-state index contributed by atoms with van der Waals surface area (Å²) in [5, 5.41) is 4.17. The van der Waals surface area contributed by atoms with Crippen LogP contribution in [0.3, 0.4) is 0 Å². The molecule has 2 aromatic rings. The third-order valence-electron chi connectivity index (χ3n) is 4.07. The van der Waals surface area contributed by atoms with Crippen LogP contribution < -0.4 is 10.1 Å². The van der Waals surface area contributed by atoms with Gasteiger partial charge in [0.2, 0.25) is 0 Å². The molecule has 6 nitrogen and oxygen atoms in total. The van der Waals surface area contributed by atoms with E-state index >= 15 is 0 Å². The molecule has 0 aromatic heterocycles. The van der Waals surface area contributed by atoms with E-state index < -0.39 is 5.97 Å². The second kappa shape index (κ2) is 10.4. The van der Waals surface area contributed by atoms with Crippen LogP contribution in [0, 0.1) is 6.92 Å². The van der Waals surface area contributed by atoms with E-state index in [-0.39, 0.29) is 34.9 Å². The fourth-order valence-electron chi connectivity index (χ4n) is 2.59. The Hall–Kier alpha value is -2.19. The van der Waals surface area contributed by atoms with Crippen molar-refractivity contribution in [2.45, 2.75) is 13.8 Å². The number of thioether (sulfide) groups is 1. The molecule has 1 aliphatic heterocycles. The topological polar surface area (TPSA) is 77.0 Å². The van der Waals surface area contributed by atoms with E-state index in [1.807, 2.05) is 13.0 Å². The Kier molecular flexibility index (Phi) is 7.89. The number of carbonyl (C=O) groups is 2. The smallest absolute Gasteiger partial charge is 0.344 e. The minimum Gasteiger partial charge on any atom is -0.479 e. The molecular weight excluding hydrogens is 483 g/mol. The van der Waals surface area contributed by atoms with Crippen molar-refractivity contribution in [1.29, 1.82) is 0 Å². The Balaban J connectivity index is 1.78. The largest absolute Gasteiger partial charge is 0.479 e. The van der Waals surface area contributed by atoms with Gasteiger partial charge in [0.25, 0.3) is 5.91 Å². The van der Waals surface area contributed by atoms with E-state index in [1.165, 1.54) is 11.8 Å². The molecule has 3 rings (SSSR count). The monoisotopic (exact) mass is 498 g/mol. The quantitative estimate of drug-likeness (QED) is 0.402. The number of amidine groups is 1. The SMILES string of the molecule is CCOC(=O)COc1c(Cl)cc(/C=C2/SC(=Nc3cccc(Cl)c3C)NC2=O)cc1Cl. The average molecular weight is 500 g/mol. The van der Waals surface area contributed by atoms with E-state index in [2.05, 4.69) is 10.3 Å². The summed E-state index contributed by atoms with van der Waals surface area (Å²) in [4.78, 5) is 28.7. The second-order valence-electron chi connectivity index (χ2n) is 6.27. The summed E-state index contributed by atoms with van der Waals surface area (Å²) in [6.45, 7) is 3.49. The second-order valence-corrected chi connectivity index (χ2v) is 8.53. The summed E-state index contributed by atoms with van der Waals surface area (Å²) in [5.74, 6) is -0.652. The number of nitrogens with zero attached hydrogens (tertiary/aromatic N) is 1.